The van der Waals surface area contributed by atoms with Gasteiger partial charge >= 0.3 is 0 Å². The zero-order chi connectivity index (χ0) is 12.8. The molecule has 0 radical (unpaired) electrons. The third kappa shape index (κ3) is 3.19. The van der Waals surface area contributed by atoms with Crippen molar-refractivity contribution in [1.29, 1.82) is 0 Å². The number of terminal acetylenes is 1. The van der Waals surface area contributed by atoms with E-state index in [1.807, 2.05) is 37.3 Å². The van der Waals surface area contributed by atoms with E-state index >= 15 is 0 Å². The fourth-order valence-electron chi connectivity index (χ4n) is 1.53. The first-order chi connectivity index (χ1) is 8.79. The van der Waals surface area contributed by atoms with Gasteiger partial charge < -0.3 is 9.73 Å². The summed E-state index contributed by atoms with van der Waals surface area (Å²) in [5.74, 6) is 3.71. The SMILES string of the molecule is C#CCC(C)NCc1nnc(-c2ccccc2)o1. The van der Waals surface area contributed by atoms with Crippen LogP contribution in [0.4, 0.5) is 0 Å². The van der Waals surface area contributed by atoms with E-state index in [2.05, 4.69) is 21.4 Å². The van der Waals surface area contributed by atoms with Crippen LogP contribution in [0.3, 0.4) is 0 Å². The lowest BCUT2D eigenvalue weighted by molar-refractivity contribution is 0.451. The Morgan fingerprint density at radius 3 is 2.83 bits per heavy atom. The Labute approximate surface area is 106 Å². The van der Waals surface area contributed by atoms with Crippen molar-refractivity contribution < 1.29 is 4.42 Å². The molecular formula is C14H15N3O. The molecule has 18 heavy (non-hydrogen) atoms. The Bertz CT molecular complexity index is 527. The van der Waals surface area contributed by atoms with E-state index in [9.17, 15) is 0 Å². The van der Waals surface area contributed by atoms with E-state index in [4.69, 9.17) is 10.8 Å². The van der Waals surface area contributed by atoms with Crippen molar-refractivity contribution in [3.05, 3.63) is 36.2 Å². The predicted molar refractivity (Wildman–Crippen MR) is 69.5 cm³/mol. The zero-order valence-corrected chi connectivity index (χ0v) is 10.3. The van der Waals surface area contributed by atoms with Gasteiger partial charge in [-0.15, -0.1) is 22.5 Å². The third-order valence-corrected chi connectivity index (χ3v) is 2.51. The van der Waals surface area contributed by atoms with Crippen LogP contribution < -0.4 is 5.32 Å². The van der Waals surface area contributed by atoms with E-state index < -0.39 is 0 Å². The van der Waals surface area contributed by atoms with Gasteiger partial charge in [-0.05, 0) is 19.1 Å². The average Bonchev–Trinajstić information content (AvgIpc) is 2.87. The normalized spacial score (nSPS) is 12.0. The number of benzene rings is 1. The summed E-state index contributed by atoms with van der Waals surface area (Å²) in [6.45, 7) is 2.55. The van der Waals surface area contributed by atoms with Crippen LogP contribution in [0.5, 0.6) is 0 Å². The van der Waals surface area contributed by atoms with Crippen LogP contribution in [-0.2, 0) is 6.54 Å². The highest BCUT2D eigenvalue weighted by molar-refractivity contribution is 5.51. The Hall–Kier alpha value is -2.12. The number of nitrogens with zero attached hydrogens (tertiary/aromatic N) is 2. The fraction of sp³-hybridized carbons (Fsp3) is 0.286. The van der Waals surface area contributed by atoms with Gasteiger partial charge in [0.15, 0.2) is 0 Å². The van der Waals surface area contributed by atoms with Crippen molar-refractivity contribution in [3.63, 3.8) is 0 Å². The largest absolute Gasteiger partial charge is 0.419 e. The Morgan fingerprint density at radius 2 is 2.11 bits per heavy atom. The summed E-state index contributed by atoms with van der Waals surface area (Å²) in [6, 6.07) is 9.93. The first kappa shape index (κ1) is 12.3. The van der Waals surface area contributed by atoms with E-state index in [0.29, 0.717) is 24.7 Å². The number of hydrogen-bond acceptors (Lipinski definition) is 4. The Kier molecular flexibility index (Phi) is 4.11. The van der Waals surface area contributed by atoms with Gasteiger partial charge in [0.1, 0.15) is 0 Å². The maximum absolute atomic E-state index is 5.56. The van der Waals surface area contributed by atoms with Gasteiger partial charge in [-0.3, -0.25) is 0 Å². The van der Waals surface area contributed by atoms with Crippen molar-refractivity contribution in [2.45, 2.75) is 25.9 Å². The molecule has 1 unspecified atom stereocenters. The molecule has 0 spiro atoms. The second-order valence-corrected chi connectivity index (χ2v) is 4.06. The first-order valence-corrected chi connectivity index (χ1v) is 5.84. The first-order valence-electron chi connectivity index (χ1n) is 5.84. The molecule has 0 saturated carbocycles. The molecule has 0 aliphatic heterocycles. The quantitative estimate of drug-likeness (QED) is 0.816. The van der Waals surface area contributed by atoms with Gasteiger partial charge in [0, 0.05) is 18.0 Å². The molecule has 0 aliphatic carbocycles. The van der Waals surface area contributed by atoms with Gasteiger partial charge in [-0.25, -0.2) is 0 Å². The van der Waals surface area contributed by atoms with E-state index in [0.717, 1.165) is 5.56 Å². The number of aromatic nitrogens is 2. The molecule has 0 saturated heterocycles. The van der Waals surface area contributed by atoms with Gasteiger partial charge in [0.05, 0.1) is 6.54 Å². The highest BCUT2D eigenvalue weighted by Gasteiger charge is 2.08. The zero-order valence-electron chi connectivity index (χ0n) is 10.3. The van der Waals surface area contributed by atoms with Gasteiger partial charge in [-0.2, -0.15) is 0 Å². The number of rotatable bonds is 5. The second kappa shape index (κ2) is 5.99. The molecule has 0 bridgehead atoms. The van der Waals surface area contributed by atoms with Gasteiger partial charge in [0.2, 0.25) is 11.8 Å². The van der Waals surface area contributed by atoms with E-state index in [1.165, 1.54) is 0 Å². The Morgan fingerprint density at radius 1 is 1.33 bits per heavy atom. The molecule has 0 fully saturated rings. The van der Waals surface area contributed by atoms with Crippen molar-refractivity contribution in [2.75, 3.05) is 0 Å². The summed E-state index contributed by atoms with van der Waals surface area (Å²) >= 11 is 0. The van der Waals surface area contributed by atoms with Crippen LogP contribution in [0.25, 0.3) is 11.5 Å². The minimum absolute atomic E-state index is 0.238. The standard InChI is InChI=1S/C14H15N3O/c1-3-7-11(2)15-10-13-16-17-14(18-13)12-8-5-4-6-9-12/h1,4-6,8-9,11,15H,7,10H2,2H3. The fourth-order valence-corrected chi connectivity index (χ4v) is 1.53. The van der Waals surface area contributed by atoms with Crippen LogP contribution in [0.2, 0.25) is 0 Å². The molecule has 1 heterocycles. The van der Waals surface area contributed by atoms with Crippen molar-refractivity contribution in [1.82, 2.24) is 15.5 Å². The van der Waals surface area contributed by atoms with Crippen molar-refractivity contribution in [3.8, 4) is 23.8 Å². The summed E-state index contributed by atoms with van der Waals surface area (Å²) in [5, 5.41) is 11.2. The lowest BCUT2D eigenvalue weighted by Gasteiger charge is -2.07. The molecular weight excluding hydrogens is 226 g/mol. The summed E-state index contributed by atoms with van der Waals surface area (Å²) in [4.78, 5) is 0. The minimum Gasteiger partial charge on any atom is -0.419 e. The van der Waals surface area contributed by atoms with Crippen LogP contribution in [0.1, 0.15) is 19.2 Å². The molecule has 1 aromatic heterocycles. The van der Waals surface area contributed by atoms with E-state index in [-0.39, 0.29) is 6.04 Å². The van der Waals surface area contributed by atoms with E-state index in [1.54, 1.807) is 0 Å². The molecule has 1 atom stereocenters. The lowest BCUT2D eigenvalue weighted by atomic mass is 10.2. The molecule has 1 aromatic carbocycles. The van der Waals surface area contributed by atoms with Crippen LogP contribution >= 0.6 is 0 Å². The van der Waals surface area contributed by atoms with Crippen LogP contribution in [0, 0.1) is 12.3 Å². The van der Waals surface area contributed by atoms with Gasteiger partial charge in [-0.1, -0.05) is 18.2 Å². The molecule has 0 amide bonds. The molecule has 4 heteroatoms. The monoisotopic (exact) mass is 241 g/mol. The second-order valence-electron chi connectivity index (χ2n) is 4.06. The average molecular weight is 241 g/mol. The highest BCUT2D eigenvalue weighted by atomic mass is 16.4. The van der Waals surface area contributed by atoms with Crippen LogP contribution in [0.15, 0.2) is 34.7 Å². The summed E-state index contributed by atoms with van der Waals surface area (Å²) in [7, 11) is 0. The van der Waals surface area contributed by atoms with Crippen molar-refractivity contribution >= 4 is 0 Å². The topological polar surface area (TPSA) is 51.0 Å². The molecule has 1 N–H and O–H groups in total. The molecule has 0 aliphatic rings. The lowest BCUT2D eigenvalue weighted by Crippen LogP contribution is -2.24. The third-order valence-electron chi connectivity index (χ3n) is 2.51. The summed E-state index contributed by atoms with van der Waals surface area (Å²) < 4.78 is 5.56. The molecule has 92 valence electrons. The number of hydrogen-bond donors (Lipinski definition) is 1. The smallest absolute Gasteiger partial charge is 0.247 e. The molecule has 4 nitrogen and oxygen atoms in total. The summed E-state index contributed by atoms with van der Waals surface area (Å²) in [5.41, 5.74) is 0.924. The highest BCUT2D eigenvalue weighted by Crippen LogP contribution is 2.16. The van der Waals surface area contributed by atoms with Gasteiger partial charge in [0.25, 0.3) is 0 Å². The maximum atomic E-state index is 5.56. The Balaban J connectivity index is 1.97. The maximum Gasteiger partial charge on any atom is 0.247 e. The predicted octanol–water partition coefficient (Wildman–Crippen LogP) is 2.24. The van der Waals surface area contributed by atoms with Crippen LogP contribution in [-0.4, -0.2) is 16.2 Å². The molecule has 2 rings (SSSR count). The minimum atomic E-state index is 0.238. The number of nitrogens with one attached hydrogen (secondary N) is 1. The van der Waals surface area contributed by atoms with Crippen molar-refractivity contribution in [2.24, 2.45) is 0 Å². The summed E-state index contributed by atoms with van der Waals surface area (Å²) in [6.07, 6.45) is 5.92. The molecule has 2 aromatic rings.